The Bertz CT molecular complexity index is 280. The minimum Gasteiger partial charge on any atom is -0.431 e. The van der Waals surface area contributed by atoms with E-state index in [1.807, 2.05) is 6.92 Å². The maximum Gasteiger partial charge on any atom is 0.348 e. The smallest absolute Gasteiger partial charge is 0.348 e. The molecule has 0 aliphatic heterocycles. The first-order valence-electron chi connectivity index (χ1n) is 4.28. The van der Waals surface area contributed by atoms with Gasteiger partial charge in [-0.15, -0.1) is 0 Å². The lowest BCUT2D eigenvalue weighted by atomic mass is 10.3. The van der Waals surface area contributed by atoms with Crippen LogP contribution in [0.4, 0.5) is 0 Å². The maximum atomic E-state index is 11.2. The van der Waals surface area contributed by atoms with Crippen molar-refractivity contribution in [2.24, 2.45) is 0 Å². The fraction of sp³-hybridized carbons (Fsp3) is 0.444. The second kappa shape index (κ2) is 4.54. The van der Waals surface area contributed by atoms with E-state index in [0.717, 1.165) is 12.8 Å². The number of unbranched alkanes of at least 4 members (excludes halogenated alkanes) is 1. The summed E-state index contributed by atoms with van der Waals surface area (Å²) in [4.78, 5) is 11.2. The molecule has 1 aromatic rings. The Balaban J connectivity index is 2.45. The van der Waals surface area contributed by atoms with E-state index in [4.69, 9.17) is 0 Å². The van der Waals surface area contributed by atoms with Crippen LogP contribution in [0.15, 0.2) is 16.7 Å². The number of hydrogen-bond acceptors (Lipinski definition) is 2. The van der Waals surface area contributed by atoms with Crippen molar-refractivity contribution in [2.75, 3.05) is 6.54 Å². The Hall–Kier alpha value is -1.45. The Morgan fingerprint density at radius 1 is 1.62 bits per heavy atom. The number of carbonyl (C=O) groups is 1. The highest BCUT2D eigenvalue weighted by atomic mass is 16.5. The molecule has 0 bridgehead atoms. The molecule has 0 fully saturated rings. The quantitative estimate of drug-likeness (QED) is 0.723. The molecule has 4 heteroatoms. The lowest BCUT2D eigenvalue weighted by Gasteiger charge is -2.00. The zero-order valence-corrected chi connectivity index (χ0v) is 7.50. The number of furan rings is 1. The Labute approximate surface area is 76.6 Å². The molecule has 0 atom stereocenters. The van der Waals surface area contributed by atoms with Gasteiger partial charge in [-0.1, -0.05) is 13.3 Å². The number of amides is 1. The number of rotatable bonds is 4. The van der Waals surface area contributed by atoms with Crippen molar-refractivity contribution in [2.45, 2.75) is 19.8 Å². The zero-order chi connectivity index (χ0) is 9.68. The van der Waals surface area contributed by atoms with Gasteiger partial charge in [0, 0.05) is 6.54 Å². The summed E-state index contributed by atoms with van der Waals surface area (Å²) in [5, 5.41) is 13.5. The number of nitrogens with one attached hydrogen (secondary N) is 1. The number of carbonyl (C=O) groups excluding carboxylic acids is 1. The lowest BCUT2D eigenvalue weighted by Crippen LogP contribution is -2.23. The fourth-order valence-corrected chi connectivity index (χ4v) is 0.938. The summed E-state index contributed by atoms with van der Waals surface area (Å²) in [5.74, 6) is -0.929. The van der Waals surface area contributed by atoms with E-state index in [1.165, 1.54) is 12.3 Å². The van der Waals surface area contributed by atoms with Crippen LogP contribution >= 0.6 is 0 Å². The van der Waals surface area contributed by atoms with Gasteiger partial charge in [0.25, 0.3) is 5.91 Å². The van der Waals surface area contributed by atoms with Gasteiger partial charge in [-0.05, 0) is 12.5 Å². The van der Waals surface area contributed by atoms with E-state index < -0.39 is 5.95 Å². The Morgan fingerprint density at radius 3 is 2.92 bits per heavy atom. The predicted octanol–water partition coefficient (Wildman–Crippen LogP) is 1.95. The summed E-state index contributed by atoms with van der Waals surface area (Å²) >= 11 is 0. The summed E-state index contributed by atoms with van der Waals surface area (Å²) < 4.78 is 4.48. The first-order chi connectivity index (χ1) is 6.25. The SMILES string of the molecule is CCCCNC(=O)c1ccoc1[O]. The molecule has 0 saturated carbocycles. The van der Waals surface area contributed by atoms with Crippen molar-refractivity contribution in [3.63, 3.8) is 0 Å². The molecule has 0 saturated heterocycles. The van der Waals surface area contributed by atoms with Crippen molar-refractivity contribution < 1.29 is 14.3 Å². The van der Waals surface area contributed by atoms with E-state index in [0.29, 0.717) is 6.54 Å². The zero-order valence-electron chi connectivity index (χ0n) is 7.50. The standard InChI is InChI=1S/C9H12NO3/c1-2-3-5-10-8(11)7-4-6-13-9(7)12/h4,6H,2-3,5H2,1H3,(H,10,11). The van der Waals surface area contributed by atoms with E-state index in [1.54, 1.807) is 0 Å². The third kappa shape index (κ3) is 2.50. The topological polar surface area (TPSA) is 62.1 Å². The maximum absolute atomic E-state index is 11.2. The Morgan fingerprint density at radius 2 is 2.38 bits per heavy atom. The fourth-order valence-electron chi connectivity index (χ4n) is 0.938. The van der Waals surface area contributed by atoms with Crippen molar-refractivity contribution >= 4 is 5.91 Å². The van der Waals surface area contributed by atoms with Gasteiger partial charge in [0.15, 0.2) is 0 Å². The van der Waals surface area contributed by atoms with E-state index >= 15 is 0 Å². The average Bonchev–Trinajstić information content (AvgIpc) is 2.52. The van der Waals surface area contributed by atoms with Gasteiger partial charge in [0.05, 0.1) is 6.26 Å². The van der Waals surface area contributed by atoms with Crippen LogP contribution < -0.4 is 5.32 Å². The minimum absolute atomic E-state index is 0.0797. The molecule has 71 valence electrons. The van der Waals surface area contributed by atoms with Gasteiger partial charge in [0.1, 0.15) is 5.56 Å². The van der Waals surface area contributed by atoms with Gasteiger partial charge < -0.3 is 9.73 Å². The molecule has 1 aromatic heterocycles. The summed E-state index contributed by atoms with van der Waals surface area (Å²) in [7, 11) is 0. The molecule has 0 aliphatic carbocycles. The van der Waals surface area contributed by atoms with Gasteiger partial charge in [0.2, 0.25) is 0 Å². The first kappa shape index (κ1) is 9.64. The van der Waals surface area contributed by atoms with Gasteiger partial charge in [-0.25, -0.2) is 5.11 Å². The van der Waals surface area contributed by atoms with Crippen molar-refractivity contribution in [3.8, 4) is 5.95 Å². The van der Waals surface area contributed by atoms with Crippen LogP contribution in [0.2, 0.25) is 0 Å². The molecule has 1 amide bonds. The van der Waals surface area contributed by atoms with Gasteiger partial charge >= 0.3 is 5.95 Å². The number of hydrogen-bond donors (Lipinski definition) is 1. The molecule has 1 N–H and O–H groups in total. The van der Waals surface area contributed by atoms with Crippen LogP contribution in [0, 0.1) is 0 Å². The third-order valence-corrected chi connectivity index (χ3v) is 1.69. The van der Waals surface area contributed by atoms with Gasteiger partial charge in [-0.2, -0.15) is 0 Å². The molecule has 0 unspecified atom stereocenters. The second-order valence-electron chi connectivity index (χ2n) is 2.73. The van der Waals surface area contributed by atoms with Crippen LogP contribution in [0.3, 0.4) is 0 Å². The average molecular weight is 182 g/mol. The molecule has 0 aromatic carbocycles. The van der Waals surface area contributed by atoms with E-state index in [9.17, 15) is 9.90 Å². The first-order valence-corrected chi connectivity index (χ1v) is 4.28. The monoisotopic (exact) mass is 182 g/mol. The highest BCUT2D eigenvalue weighted by molar-refractivity contribution is 5.95. The largest absolute Gasteiger partial charge is 0.431 e. The summed E-state index contributed by atoms with van der Waals surface area (Å²) in [6.45, 7) is 2.63. The third-order valence-electron chi connectivity index (χ3n) is 1.69. The van der Waals surface area contributed by atoms with Crippen LogP contribution in [-0.2, 0) is 5.11 Å². The second-order valence-corrected chi connectivity index (χ2v) is 2.73. The predicted molar refractivity (Wildman–Crippen MR) is 46.1 cm³/mol. The van der Waals surface area contributed by atoms with Crippen LogP contribution in [0.25, 0.3) is 0 Å². The van der Waals surface area contributed by atoms with E-state index in [2.05, 4.69) is 9.73 Å². The lowest BCUT2D eigenvalue weighted by molar-refractivity contribution is 0.0945. The molecular formula is C9H12NO3. The highest BCUT2D eigenvalue weighted by Gasteiger charge is 2.14. The molecular weight excluding hydrogens is 170 g/mol. The van der Waals surface area contributed by atoms with Crippen molar-refractivity contribution in [3.05, 3.63) is 17.9 Å². The van der Waals surface area contributed by atoms with Crippen LogP contribution in [0.5, 0.6) is 5.95 Å². The molecule has 1 rings (SSSR count). The Kier molecular flexibility index (Phi) is 3.37. The molecule has 1 radical (unpaired) electrons. The molecule has 0 spiro atoms. The molecule has 0 aliphatic rings. The minimum atomic E-state index is -0.575. The highest BCUT2D eigenvalue weighted by Crippen LogP contribution is 2.17. The summed E-state index contributed by atoms with van der Waals surface area (Å²) in [6.07, 6.45) is 3.14. The van der Waals surface area contributed by atoms with Crippen LogP contribution in [0.1, 0.15) is 30.1 Å². The van der Waals surface area contributed by atoms with Crippen molar-refractivity contribution in [1.82, 2.24) is 5.32 Å². The van der Waals surface area contributed by atoms with Crippen molar-refractivity contribution in [1.29, 1.82) is 0 Å². The van der Waals surface area contributed by atoms with Gasteiger partial charge in [-0.3, -0.25) is 4.79 Å². The normalized spacial score (nSPS) is 9.92. The van der Waals surface area contributed by atoms with E-state index in [-0.39, 0.29) is 11.5 Å². The summed E-state index contributed by atoms with van der Waals surface area (Å²) in [5.41, 5.74) is 0.0797. The van der Waals surface area contributed by atoms with Crippen LogP contribution in [-0.4, -0.2) is 12.5 Å². The molecule has 13 heavy (non-hydrogen) atoms. The summed E-state index contributed by atoms with van der Waals surface area (Å²) in [6, 6.07) is 1.38. The molecule has 4 nitrogen and oxygen atoms in total. The molecule has 1 heterocycles.